The molecule has 4 nitrogen and oxygen atoms in total. The van der Waals surface area contributed by atoms with Gasteiger partial charge in [-0.05, 0) is 51.9 Å². The molecular formula is C46H28N4S. The molecule has 238 valence electrons. The largest absolute Gasteiger partial charge is 0.251 e. The van der Waals surface area contributed by atoms with Crippen LogP contribution in [0.25, 0.3) is 75.0 Å². The van der Waals surface area contributed by atoms with E-state index in [0.29, 0.717) is 12.0 Å². The summed E-state index contributed by atoms with van der Waals surface area (Å²) in [6.07, 6.45) is 0. The van der Waals surface area contributed by atoms with Crippen LogP contribution in [0, 0.1) is 0 Å². The summed E-state index contributed by atoms with van der Waals surface area (Å²) in [5.74, 6) is 0.537. The highest BCUT2D eigenvalue weighted by atomic mass is 32.1. The smallest absolute Gasteiger partial charge is 0.246 e. The fraction of sp³-hybridized carbons (Fsp3) is 0. The molecule has 5 heteroatoms. The molecule has 0 spiro atoms. The van der Waals surface area contributed by atoms with Crippen molar-refractivity contribution in [1.82, 2.24) is 9.97 Å². The second kappa shape index (κ2) is 11.0. The number of nitrogens with zero attached hydrogens (tertiary/aromatic N) is 4. The minimum Gasteiger partial charge on any atom is -0.246 e. The lowest BCUT2D eigenvalue weighted by Crippen LogP contribution is -2.40. The minimum absolute atomic E-state index is 0.422. The zero-order valence-corrected chi connectivity index (χ0v) is 28.1. The van der Waals surface area contributed by atoms with E-state index in [1.54, 1.807) is 0 Å². The van der Waals surface area contributed by atoms with Gasteiger partial charge in [-0.25, -0.2) is 20.0 Å². The van der Waals surface area contributed by atoms with Gasteiger partial charge in [-0.3, -0.25) is 0 Å². The van der Waals surface area contributed by atoms with Crippen molar-refractivity contribution in [3.8, 4) is 22.4 Å². The van der Waals surface area contributed by atoms with Crippen LogP contribution in [0.2, 0.25) is 0 Å². The summed E-state index contributed by atoms with van der Waals surface area (Å²) >= 11 is 1.82. The third kappa shape index (κ3) is 4.13. The topological polar surface area (TPSA) is 32.3 Å². The van der Waals surface area contributed by atoms with Crippen LogP contribution in [0.3, 0.4) is 0 Å². The molecule has 1 aliphatic heterocycles. The zero-order valence-electron chi connectivity index (χ0n) is 28.3. The Kier molecular flexibility index (Phi) is 5.87. The van der Waals surface area contributed by atoms with E-state index in [1.807, 2.05) is 53.8 Å². The molecule has 10 aromatic rings. The maximum Gasteiger partial charge on any atom is 0.251 e. The van der Waals surface area contributed by atoms with Crippen LogP contribution < -0.4 is 10.0 Å². The molecule has 1 aliphatic rings. The maximum absolute atomic E-state index is 8.94. The second-order valence-electron chi connectivity index (χ2n) is 12.9. The van der Waals surface area contributed by atoms with Crippen LogP contribution in [0.15, 0.2) is 170 Å². The average Bonchev–Trinajstić information content (AvgIpc) is 3.60. The van der Waals surface area contributed by atoms with Crippen molar-refractivity contribution in [3.63, 3.8) is 0 Å². The number of aromatic nitrogens is 2. The van der Waals surface area contributed by atoms with Crippen LogP contribution in [-0.2, 0) is 0 Å². The standard InChI is InChI=1S/C46H28N4S/c1-3-16-30(17-4-1)43-35-23-11-13-25-37(35)47-46(48-43)50-44-42(34-22-10-9-21-33(34)40-36-24-12-14-26-39(36)51-45(40)44)41-32-20-8-7-15-29(32)27-28-38(41)49(50)31-18-5-2-6-19-31/h1-28H/i16D. The molecule has 2 aromatic heterocycles. The molecule has 0 atom stereocenters. The number of anilines is 4. The van der Waals surface area contributed by atoms with E-state index in [-0.39, 0.29) is 0 Å². The van der Waals surface area contributed by atoms with Gasteiger partial charge in [0.2, 0.25) is 0 Å². The van der Waals surface area contributed by atoms with Crippen LogP contribution in [0.4, 0.5) is 23.0 Å². The Bertz CT molecular complexity index is 3060. The number of hydrogen-bond donors (Lipinski definition) is 0. The third-order valence-electron chi connectivity index (χ3n) is 10.1. The van der Waals surface area contributed by atoms with Gasteiger partial charge in [0.05, 0.1) is 34.3 Å². The van der Waals surface area contributed by atoms with Gasteiger partial charge in [0.1, 0.15) is 0 Å². The Morgan fingerprint density at radius 3 is 2.06 bits per heavy atom. The fourth-order valence-corrected chi connectivity index (χ4v) is 9.17. The van der Waals surface area contributed by atoms with Gasteiger partial charge >= 0.3 is 0 Å². The van der Waals surface area contributed by atoms with Crippen molar-refractivity contribution in [2.24, 2.45) is 0 Å². The monoisotopic (exact) mass is 669 g/mol. The average molecular weight is 670 g/mol. The molecule has 3 heterocycles. The van der Waals surface area contributed by atoms with Gasteiger partial charge in [0.25, 0.3) is 5.95 Å². The molecule has 0 aliphatic carbocycles. The highest BCUT2D eigenvalue weighted by Gasteiger charge is 2.38. The van der Waals surface area contributed by atoms with Gasteiger partial charge in [0, 0.05) is 37.5 Å². The fourth-order valence-electron chi connectivity index (χ4n) is 7.92. The molecule has 0 N–H and O–H groups in total. The summed E-state index contributed by atoms with van der Waals surface area (Å²) in [4.78, 5) is 10.8. The van der Waals surface area contributed by atoms with Crippen molar-refractivity contribution < 1.29 is 1.37 Å². The van der Waals surface area contributed by atoms with Gasteiger partial charge < -0.3 is 0 Å². The Morgan fingerprint density at radius 1 is 0.510 bits per heavy atom. The molecule has 11 rings (SSSR count). The molecular weight excluding hydrogens is 641 g/mol. The van der Waals surface area contributed by atoms with Gasteiger partial charge in [0.15, 0.2) is 0 Å². The van der Waals surface area contributed by atoms with Crippen molar-refractivity contribution in [2.45, 2.75) is 0 Å². The first-order valence-electron chi connectivity index (χ1n) is 17.6. The van der Waals surface area contributed by atoms with Crippen LogP contribution in [0.1, 0.15) is 1.37 Å². The first-order valence-corrected chi connectivity index (χ1v) is 17.9. The predicted molar refractivity (Wildman–Crippen MR) is 215 cm³/mol. The lowest BCUT2D eigenvalue weighted by Gasteiger charge is -2.43. The van der Waals surface area contributed by atoms with Crippen LogP contribution in [-0.4, -0.2) is 9.97 Å². The SMILES string of the molecule is [2H]c1ccccc1-c1nc(N2c3c(c4ccccc4c4c3sc3ccccc34)-c3c(ccc4ccccc34)N2c2ccccc2)nc2ccccc12. The summed E-state index contributed by atoms with van der Waals surface area (Å²) in [6.45, 7) is 0. The molecule has 51 heavy (non-hydrogen) atoms. The molecule has 0 amide bonds. The van der Waals surface area contributed by atoms with E-state index in [1.165, 1.54) is 47.3 Å². The molecule has 0 fully saturated rings. The van der Waals surface area contributed by atoms with Crippen molar-refractivity contribution in [3.05, 3.63) is 170 Å². The van der Waals surface area contributed by atoms with E-state index in [9.17, 15) is 0 Å². The summed E-state index contributed by atoms with van der Waals surface area (Å²) in [5, 5.41) is 12.7. The van der Waals surface area contributed by atoms with E-state index in [2.05, 4.69) is 131 Å². The summed E-state index contributed by atoms with van der Waals surface area (Å²) < 4.78 is 11.3. The molecule has 0 unspecified atom stereocenters. The van der Waals surface area contributed by atoms with E-state index < -0.39 is 0 Å². The van der Waals surface area contributed by atoms with E-state index in [0.717, 1.165) is 44.8 Å². The van der Waals surface area contributed by atoms with Crippen molar-refractivity contribution >= 4 is 87.0 Å². The molecule has 0 radical (unpaired) electrons. The van der Waals surface area contributed by atoms with Crippen LogP contribution in [0.5, 0.6) is 0 Å². The number of para-hydroxylation sites is 2. The maximum atomic E-state index is 8.94. The summed E-state index contributed by atoms with van der Waals surface area (Å²) in [5.41, 5.74) is 7.74. The quantitative estimate of drug-likeness (QED) is 0.187. The van der Waals surface area contributed by atoms with Gasteiger partial charge in [-0.15, -0.1) is 11.3 Å². The summed E-state index contributed by atoms with van der Waals surface area (Å²) in [7, 11) is 0. The number of benzene rings is 8. The molecule has 0 saturated heterocycles. The number of thiophene rings is 1. The summed E-state index contributed by atoms with van der Waals surface area (Å²) in [6, 6.07) is 57.5. The minimum atomic E-state index is 0.422. The first kappa shape index (κ1) is 27.3. The number of rotatable bonds is 3. The predicted octanol–water partition coefficient (Wildman–Crippen LogP) is 12.8. The lowest BCUT2D eigenvalue weighted by atomic mass is 9.87. The van der Waals surface area contributed by atoms with Crippen molar-refractivity contribution in [2.75, 3.05) is 10.0 Å². The Hall–Kier alpha value is -6.56. The number of hydrogen-bond acceptors (Lipinski definition) is 5. The molecule has 8 aromatic carbocycles. The van der Waals surface area contributed by atoms with Gasteiger partial charge in [-0.1, -0.05) is 140 Å². The van der Waals surface area contributed by atoms with E-state index in [4.69, 9.17) is 11.3 Å². The van der Waals surface area contributed by atoms with Crippen LogP contribution >= 0.6 is 11.3 Å². The highest BCUT2D eigenvalue weighted by molar-refractivity contribution is 7.26. The third-order valence-corrected chi connectivity index (χ3v) is 11.2. The van der Waals surface area contributed by atoms with Crippen molar-refractivity contribution in [1.29, 1.82) is 0 Å². The number of fused-ring (bicyclic) bond motifs is 13. The Labute approximate surface area is 299 Å². The highest BCUT2D eigenvalue weighted by Crippen LogP contribution is 2.58. The molecule has 0 bridgehead atoms. The normalized spacial score (nSPS) is 12.9. The van der Waals surface area contributed by atoms with E-state index >= 15 is 0 Å². The lowest BCUT2D eigenvalue weighted by molar-refractivity contribution is 0.933. The number of hydrazine groups is 1. The van der Waals surface area contributed by atoms with Gasteiger partial charge in [-0.2, -0.15) is 0 Å². The Morgan fingerprint density at radius 2 is 1.20 bits per heavy atom. The Balaban J connectivity index is 1.37. The molecule has 0 saturated carbocycles. The zero-order chi connectivity index (χ0) is 34.3. The first-order chi connectivity index (χ1) is 25.7. The second-order valence-corrected chi connectivity index (χ2v) is 13.9.